The van der Waals surface area contributed by atoms with E-state index in [-0.39, 0.29) is 19.4 Å². The van der Waals surface area contributed by atoms with Gasteiger partial charge in [0.25, 0.3) is 0 Å². The molecular weight excluding hydrogens is 338 g/mol. The number of hydrogen-bond donors (Lipinski definition) is 7. The van der Waals surface area contributed by atoms with Gasteiger partial charge in [0.15, 0.2) is 0 Å². The molecule has 0 aromatic heterocycles. The number of nitrogens with two attached hydrogens (primary N) is 2. The number of ether oxygens (including phenoxy) is 1. The van der Waals surface area contributed by atoms with Crippen LogP contribution in [0.15, 0.2) is 0 Å². The van der Waals surface area contributed by atoms with Crippen LogP contribution < -0.4 is 27.4 Å². The van der Waals surface area contributed by atoms with Crippen LogP contribution in [0.3, 0.4) is 0 Å². The molecule has 3 unspecified atom stereocenters. The molecule has 12 nitrogen and oxygen atoms in total. The van der Waals surface area contributed by atoms with Gasteiger partial charge in [-0.3, -0.25) is 19.2 Å². The fourth-order valence-corrected chi connectivity index (χ4v) is 1.79. The second kappa shape index (κ2) is 12.1. The van der Waals surface area contributed by atoms with E-state index >= 15 is 0 Å². The highest BCUT2D eigenvalue weighted by atomic mass is 16.6. The Bertz CT molecular complexity index is 474. The van der Waals surface area contributed by atoms with Gasteiger partial charge in [0.1, 0.15) is 19.1 Å². The van der Waals surface area contributed by atoms with Crippen molar-refractivity contribution >= 4 is 23.7 Å². The summed E-state index contributed by atoms with van der Waals surface area (Å²) in [5, 5.41) is 24.9. The summed E-state index contributed by atoms with van der Waals surface area (Å²) in [5.74, 6) is -3.16. The molecule has 0 bridgehead atoms. The van der Waals surface area contributed by atoms with Gasteiger partial charge in [0, 0.05) is 6.54 Å². The lowest BCUT2D eigenvalue weighted by Gasteiger charge is -2.19. The minimum atomic E-state index is -1.39. The first kappa shape index (κ1) is 22.7. The minimum Gasteiger partial charge on any atom is -0.480 e. The molecule has 0 rings (SSSR count). The quantitative estimate of drug-likeness (QED) is 0.160. The van der Waals surface area contributed by atoms with Crippen LogP contribution >= 0.6 is 0 Å². The van der Waals surface area contributed by atoms with Gasteiger partial charge in [-0.25, -0.2) is 0 Å². The van der Waals surface area contributed by atoms with Crippen LogP contribution in [0, 0.1) is 0 Å². The lowest BCUT2D eigenvalue weighted by atomic mass is 10.2. The largest absolute Gasteiger partial charge is 0.480 e. The maximum Gasteiger partial charge on any atom is 0.321 e. The first-order valence-corrected chi connectivity index (χ1v) is 7.44. The lowest BCUT2D eigenvalue weighted by molar-refractivity contribution is -0.142. The zero-order valence-corrected chi connectivity index (χ0v) is 13.9. The van der Waals surface area contributed by atoms with Gasteiger partial charge >= 0.3 is 5.97 Å². The Hall–Kier alpha value is -2.28. The Labute approximate surface area is 144 Å². The highest BCUT2D eigenvalue weighted by Gasteiger charge is 2.21. The molecule has 144 valence electrons. The van der Waals surface area contributed by atoms with Crippen LogP contribution in [0.1, 0.15) is 19.3 Å². The number of nitrogens with one attached hydrogen (secondary N) is 3. The van der Waals surface area contributed by atoms with Gasteiger partial charge < -0.3 is 42.4 Å². The molecule has 0 spiro atoms. The third kappa shape index (κ3) is 10.2. The number of aliphatic hydroxyl groups is 1. The summed E-state index contributed by atoms with van der Waals surface area (Å²) in [6, 6.07) is -1.99. The molecule has 25 heavy (non-hydrogen) atoms. The average Bonchev–Trinajstić information content (AvgIpc) is 2.51. The second-order valence-corrected chi connectivity index (χ2v) is 5.09. The number of amides is 3. The molecule has 0 heterocycles. The average molecular weight is 363 g/mol. The number of likely N-dealkylation sites (N-methyl/N-ethyl adjacent to an activating group) is 1. The zero-order chi connectivity index (χ0) is 19.4. The zero-order valence-electron chi connectivity index (χ0n) is 13.9. The van der Waals surface area contributed by atoms with Crippen molar-refractivity contribution in [1.29, 1.82) is 0 Å². The molecule has 0 fully saturated rings. The Morgan fingerprint density at radius 1 is 1.16 bits per heavy atom. The Balaban J connectivity index is 4.36. The van der Waals surface area contributed by atoms with Crippen molar-refractivity contribution < 1.29 is 34.1 Å². The molecule has 0 radical (unpaired) electrons. The number of carboxylic acids is 1. The van der Waals surface area contributed by atoms with Crippen molar-refractivity contribution in [2.45, 2.75) is 37.6 Å². The number of hydrogen-bond acceptors (Lipinski definition) is 8. The predicted octanol–water partition coefficient (Wildman–Crippen LogP) is -3.83. The molecule has 3 atom stereocenters. The maximum atomic E-state index is 11.8. The van der Waals surface area contributed by atoms with Crippen molar-refractivity contribution in [3.05, 3.63) is 0 Å². The first-order chi connectivity index (χ1) is 11.7. The van der Waals surface area contributed by atoms with Gasteiger partial charge in [0.05, 0.1) is 18.9 Å². The standard InChI is InChI=1S/C13H25N5O7/c1-16-8(12(15)22)2-3-17-9(20)5-11(25-6-19)18-10(21)4-7(14)13(23)24/h7-8,11,16,19H,2-6,14H2,1H3,(H2,15,22)(H,17,20)(H,18,21)(H,23,24). The highest BCUT2D eigenvalue weighted by Crippen LogP contribution is 1.98. The van der Waals surface area contributed by atoms with Crippen LogP contribution in [-0.2, 0) is 23.9 Å². The lowest BCUT2D eigenvalue weighted by Crippen LogP contribution is -2.45. The number of aliphatic hydroxyl groups excluding tert-OH is 1. The minimum absolute atomic E-state index is 0.150. The third-order valence-electron chi connectivity index (χ3n) is 3.14. The summed E-state index contributed by atoms with van der Waals surface area (Å²) in [5.41, 5.74) is 10.4. The van der Waals surface area contributed by atoms with Gasteiger partial charge in [-0.05, 0) is 13.5 Å². The van der Waals surface area contributed by atoms with Crippen molar-refractivity contribution in [2.24, 2.45) is 11.5 Å². The van der Waals surface area contributed by atoms with Gasteiger partial charge in [-0.15, -0.1) is 0 Å². The van der Waals surface area contributed by atoms with Crippen molar-refractivity contribution in [3.8, 4) is 0 Å². The number of carboxylic acid groups (broad SMARTS) is 1. The van der Waals surface area contributed by atoms with E-state index in [0.717, 1.165) is 0 Å². The maximum absolute atomic E-state index is 11.8. The molecule has 9 N–H and O–H groups in total. The summed E-state index contributed by atoms with van der Waals surface area (Å²) >= 11 is 0. The van der Waals surface area contributed by atoms with E-state index in [4.69, 9.17) is 26.4 Å². The molecule has 0 saturated heterocycles. The van der Waals surface area contributed by atoms with E-state index in [1.807, 2.05) is 0 Å². The Morgan fingerprint density at radius 2 is 1.80 bits per heavy atom. The summed E-state index contributed by atoms with van der Waals surface area (Å²) in [6.45, 7) is -0.607. The normalized spacial score (nSPS) is 14.2. The Morgan fingerprint density at radius 3 is 2.28 bits per heavy atom. The fraction of sp³-hybridized carbons (Fsp3) is 0.692. The molecular formula is C13H25N5O7. The summed E-state index contributed by atoms with van der Waals surface area (Å²) < 4.78 is 4.80. The van der Waals surface area contributed by atoms with Gasteiger partial charge in [0.2, 0.25) is 17.7 Å². The summed E-state index contributed by atoms with van der Waals surface area (Å²) in [4.78, 5) is 45.1. The second-order valence-electron chi connectivity index (χ2n) is 5.09. The van der Waals surface area contributed by atoms with Gasteiger partial charge in [-0.2, -0.15) is 0 Å². The third-order valence-corrected chi connectivity index (χ3v) is 3.14. The van der Waals surface area contributed by atoms with Crippen molar-refractivity contribution in [3.63, 3.8) is 0 Å². The fourth-order valence-electron chi connectivity index (χ4n) is 1.79. The highest BCUT2D eigenvalue weighted by molar-refractivity contribution is 5.85. The molecule has 0 aromatic rings. The van der Waals surface area contributed by atoms with E-state index in [1.54, 1.807) is 7.05 Å². The van der Waals surface area contributed by atoms with Crippen LogP contribution in [0.5, 0.6) is 0 Å². The van der Waals surface area contributed by atoms with Crippen molar-refractivity contribution in [2.75, 3.05) is 20.4 Å². The summed E-state index contributed by atoms with van der Waals surface area (Å²) in [7, 11) is 1.56. The number of carbonyl (C=O) groups is 4. The van der Waals surface area contributed by atoms with Crippen LogP contribution in [0.2, 0.25) is 0 Å². The number of primary amides is 1. The Kier molecular flexibility index (Phi) is 11.0. The molecule has 3 amide bonds. The van der Waals surface area contributed by atoms with Gasteiger partial charge in [-0.1, -0.05) is 0 Å². The summed E-state index contributed by atoms with van der Waals surface area (Å²) in [6.07, 6.45) is -1.72. The SMILES string of the molecule is CNC(CCNC(=O)CC(NC(=O)CC(N)C(=O)O)OCO)C(N)=O. The topological polar surface area (TPSA) is 206 Å². The number of aliphatic carboxylic acids is 1. The van der Waals surface area contributed by atoms with E-state index < -0.39 is 55.2 Å². The van der Waals surface area contributed by atoms with Crippen LogP contribution in [0.4, 0.5) is 0 Å². The predicted molar refractivity (Wildman–Crippen MR) is 84.6 cm³/mol. The molecule has 0 aromatic carbocycles. The molecule has 0 aliphatic rings. The van der Waals surface area contributed by atoms with E-state index in [0.29, 0.717) is 0 Å². The molecule has 0 aliphatic heterocycles. The van der Waals surface area contributed by atoms with E-state index in [1.165, 1.54) is 0 Å². The molecule has 0 saturated carbocycles. The van der Waals surface area contributed by atoms with Crippen molar-refractivity contribution in [1.82, 2.24) is 16.0 Å². The first-order valence-electron chi connectivity index (χ1n) is 7.44. The smallest absolute Gasteiger partial charge is 0.321 e. The van der Waals surface area contributed by atoms with E-state index in [2.05, 4.69) is 16.0 Å². The van der Waals surface area contributed by atoms with Crippen LogP contribution in [0.25, 0.3) is 0 Å². The van der Waals surface area contributed by atoms with E-state index in [9.17, 15) is 19.2 Å². The molecule has 12 heteroatoms. The number of rotatable bonds is 13. The monoisotopic (exact) mass is 363 g/mol. The van der Waals surface area contributed by atoms with Crippen LogP contribution in [-0.4, -0.2) is 72.6 Å². The molecule has 0 aliphatic carbocycles. The number of carbonyl (C=O) groups excluding carboxylic acids is 3.